The van der Waals surface area contributed by atoms with Crippen LogP contribution >= 0.6 is 12.2 Å². The molecule has 0 aromatic carbocycles. The summed E-state index contributed by atoms with van der Waals surface area (Å²) >= 11 is 5.09. The summed E-state index contributed by atoms with van der Waals surface area (Å²) in [7, 11) is 0. The smallest absolute Gasteiger partial charge is 0.166 e. The molecule has 0 radical (unpaired) electrons. The molecule has 3 nitrogen and oxygen atoms in total. The molecule has 0 unspecified atom stereocenters. The van der Waals surface area contributed by atoms with Crippen LogP contribution < -0.4 is 10.6 Å². The largest absolute Gasteiger partial charge is 0.379 e. The third-order valence-electron chi connectivity index (χ3n) is 1.84. The van der Waals surface area contributed by atoms with E-state index < -0.39 is 0 Å². The molecular weight excluding hydrogens is 208 g/mol. The van der Waals surface area contributed by atoms with Crippen molar-refractivity contribution in [3.05, 3.63) is 0 Å². The van der Waals surface area contributed by atoms with Crippen LogP contribution in [0.2, 0.25) is 0 Å². The zero-order valence-electron chi connectivity index (χ0n) is 10.1. The molecule has 4 heteroatoms. The quantitative estimate of drug-likeness (QED) is 0.496. The van der Waals surface area contributed by atoms with Crippen molar-refractivity contribution in [3.8, 4) is 0 Å². The molecular formula is C11H24N2OS. The molecule has 0 atom stereocenters. The van der Waals surface area contributed by atoms with Gasteiger partial charge in [-0.25, -0.2) is 0 Å². The summed E-state index contributed by atoms with van der Waals surface area (Å²) in [6.45, 7) is 8.96. The maximum atomic E-state index is 5.44. The average Bonchev–Trinajstić information content (AvgIpc) is 2.19. The second-order valence-electron chi connectivity index (χ2n) is 3.81. The Morgan fingerprint density at radius 1 is 1.20 bits per heavy atom. The van der Waals surface area contributed by atoms with Gasteiger partial charge in [0.1, 0.15) is 0 Å². The van der Waals surface area contributed by atoms with E-state index in [0.29, 0.717) is 6.10 Å². The Morgan fingerprint density at radius 2 is 1.87 bits per heavy atom. The minimum atomic E-state index is 0.338. The van der Waals surface area contributed by atoms with Crippen LogP contribution in [0.15, 0.2) is 0 Å². The van der Waals surface area contributed by atoms with E-state index >= 15 is 0 Å². The lowest BCUT2D eigenvalue weighted by molar-refractivity contribution is 0.0762. The highest BCUT2D eigenvalue weighted by atomic mass is 32.1. The van der Waals surface area contributed by atoms with E-state index in [1.165, 1.54) is 0 Å². The Bertz CT molecular complexity index is 163. The van der Waals surface area contributed by atoms with E-state index in [1.54, 1.807) is 0 Å². The van der Waals surface area contributed by atoms with Crippen molar-refractivity contribution in [2.24, 2.45) is 0 Å². The molecule has 0 aliphatic heterocycles. The minimum Gasteiger partial charge on any atom is -0.379 e. The van der Waals surface area contributed by atoms with Gasteiger partial charge in [-0.05, 0) is 45.3 Å². The summed E-state index contributed by atoms with van der Waals surface area (Å²) in [6, 6.07) is 0. The maximum absolute atomic E-state index is 5.44. The summed E-state index contributed by atoms with van der Waals surface area (Å²) in [5.74, 6) is 0. The molecule has 0 fully saturated rings. The summed E-state index contributed by atoms with van der Waals surface area (Å²) in [6.07, 6.45) is 3.62. The van der Waals surface area contributed by atoms with Gasteiger partial charge in [0.15, 0.2) is 5.11 Å². The van der Waals surface area contributed by atoms with E-state index in [-0.39, 0.29) is 0 Å². The molecule has 0 bridgehead atoms. The lowest BCUT2D eigenvalue weighted by Gasteiger charge is -2.10. The molecule has 2 N–H and O–H groups in total. The van der Waals surface area contributed by atoms with Crippen LogP contribution in [-0.4, -0.2) is 30.9 Å². The SMILES string of the molecule is CCCNC(=S)NCCCCOC(C)C. The van der Waals surface area contributed by atoms with Gasteiger partial charge in [0.25, 0.3) is 0 Å². The maximum Gasteiger partial charge on any atom is 0.166 e. The molecule has 0 saturated heterocycles. The normalized spacial score (nSPS) is 10.4. The second kappa shape index (κ2) is 10.2. The van der Waals surface area contributed by atoms with Gasteiger partial charge in [-0.3, -0.25) is 0 Å². The topological polar surface area (TPSA) is 33.3 Å². The molecule has 0 rings (SSSR count). The summed E-state index contributed by atoms with van der Waals surface area (Å²) < 4.78 is 5.44. The Labute approximate surface area is 99.0 Å². The average molecular weight is 232 g/mol. The zero-order chi connectivity index (χ0) is 11.5. The molecule has 0 spiro atoms. The number of unbranched alkanes of at least 4 members (excludes halogenated alkanes) is 1. The molecule has 0 amide bonds. The Hall–Kier alpha value is -0.350. The van der Waals surface area contributed by atoms with Gasteiger partial charge in [0.2, 0.25) is 0 Å². The first-order chi connectivity index (χ1) is 7.16. The fourth-order valence-corrected chi connectivity index (χ4v) is 1.25. The Kier molecular flexibility index (Phi) is 9.94. The van der Waals surface area contributed by atoms with Gasteiger partial charge in [-0.2, -0.15) is 0 Å². The molecule has 0 aromatic rings. The first-order valence-corrected chi connectivity index (χ1v) is 6.21. The van der Waals surface area contributed by atoms with Crippen LogP contribution in [0.4, 0.5) is 0 Å². The monoisotopic (exact) mass is 232 g/mol. The molecule has 0 heterocycles. The van der Waals surface area contributed by atoms with Crippen LogP contribution in [0.25, 0.3) is 0 Å². The molecule has 15 heavy (non-hydrogen) atoms. The highest BCUT2D eigenvalue weighted by molar-refractivity contribution is 7.80. The number of hydrogen-bond donors (Lipinski definition) is 2. The first-order valence-electron chi connectivity index (χ1n) is 5.80. The summed E-state index contributed by atoms with van der Waals surface area (Å²) in [4.78, 5) is 0. The van der Waals surface area contributed by atoms with Crippen molar-refractivity contribution in [1.82, 2.24) is 10.6 Å². The highest BCUT2D eigenvalue weighted by Crippen LogP contribution is 1.93. The first kappa shape index (κ1) is 14.6. The third-order valence-corrected chi connectivity index (χ3v) is 2.13. The summed E-state index contributed by atoms with van der Waals surface area (Å²) in [5, 5.41) is 7.07. The second-order valence-corrected chi connectivity index (χ2v) is 4.22. The van der Waals surface area contributed by atoms with E-state index in [9.17, 15) is 0 Å². The molecule has 0 aromatic heterocycles. The lowest BCUT2D eigenvalue weighted by atomic mass is 10.3. The fraction of sp³-hybridized carbons (Fsp3) is 0.909. The Morgan fingerprint density at radius 3 is 2.47 bits per heavy atom. The molecule has 0 aliphatic rings. The van der Waals surface area contributed by atoms with Crippen LogP contribution in [0.3, 0.4) is 0 Å². The van der Waals surface area contributed by atoms with Crippen molar-refractivity contribution < 1.29 is 4.74 Å². The molecule has 90 valence electrons. The number of hydrogen-bond acceptors (Lipinski definition) is 2. The van der Waals surface area contributed by atoms with Crippen LogP contribution in [0, 0.1) is 0 Å². The zero-order valence-corrected chi connectivity index (χ0v) is 11.0. The highest BCUT2D eigenvalue weighted by Gasteiger charge is 1.95. The minimum absolute atomic E-state index is 0.338. The number of thiocarbonyl (C=S) groups is 1. The van der Waals surface area contributed by atoms with Crippen molar-refractivity contribution in [2.75, 3.05) is 19.7 Å². The predicted molar refractivity (Wildman–Crippen MR) is 69.2 cm³/mol. The van der Waals surface area contributed by atoms with Gasteiger partial charge in [-0.1, -0.05) is 6.92 Å². The number of ether oxygens (including phenoxy) is 1. The van der Waals surface area contributed by atoms with Crippen molar-refractivity contribution >= 4 is 17.3 Å². The van der Waals surface area contributed by atoms with E-state index in [2.05, 4.69) is 31.4 Å². The van der Waals surface area contributed by atoms with Crippen LogP contribution in [0.5, 0.6) is 0 Å². The predicted octanol–water partition coefficient (Wildman–Crippen LogP) is 2.07. The van der Waals surface area contributed by atoms with Gasteiger partial charge in [0.05, 0.1) is 6.10 Å². The standard InChI is InChI=1S/C11H24N2OS/c1-4-7-12-11(15)13-8-5-6-9-14-10(2)3/h10H,4-9H2,1-3H3,(H2,12,13,15). The molecule has 0 aliphatic carbocycles. The third kappa shape index (κ3) is 11.6. The van der Waals surface area contributed by atoms with Crippen LogP contribution in [0.1, 0.15) is 40.0 Å². The number of rotatable bonds is 8. The van der Waals surface area contributed by atoms with E-state index in [0.717, 1.165) is 44.1 Å². The van der Waals surface area contributed by atoms with E-state index in [4.69, 9.17) is 17.0 Å². The lowest BCUT2D eigenvalue weighted by Crippen LogP contribution is -2.36. The van der Waals surface area contributed by atoms with Crippen molar-refractivity contribution in [3.63, 3.8) is 0 Å². The van der Waals surface area contributed by atoms with E-state index in [1.807, 2.05) is 0 Å². The van der Waals surface area contributed by atoms with Gasteiger partial charge in [-0.15, -0.1) is 0 Å². The Balaban J connectivity index is 3.13. The van der Waals surface area contributed by atoms with Crippen molar-refractivity contribution in [2.45, 2.75) is 46.1 Å². The van der Waals surface area contributed by atoms with Gasteiger partial charge in [0, 0.05) is 19.7 Å². The van der Waals surface area contributed by atoms with Crippen LogP contribution in [-0.2, 0) is 4.74 Å². The van der Waals surface area contributed by atoms with Crippen molar-refractivity contribution in [1.29, 1.82) is 0 Å². The summed E-state index contributed by atoms with van der Waals surface area (Å²) in [5.41, 5.74) is 0. The van der Waals surface area contributed by atoms with Gasteiger partial charge >= 0.3 is 0 Å². The number of nitrogens with one attached hydrogen (secondary N) is 2. The fourth-order valence-electron chi connectivity index (χ4n) is 1.05. The molecule has 0 saturated carbocycles. The van der Waals surface area contributed by atoms with Gasteiger partial charge < -0.3 is 15.4 Å².